The quantitative estimate of drug-likeness (QED) is 0.673. The minimum absolute atomic E-state index is 0.856. The largest absolute Gasteiger partial charge is 0.330 e. The molecule has 2 N–H and O–H groups in total. The van der Waals surface area contributed by atoms with Crippen LogP contribution in [0.15, 0.2) is 0 Å². The van der Waals surface area contributed by atoms with Gasteiger partial charge in [0.15, 0.2) is 0 Å². The molecule has 0 radical (unpaired) electrons. The molecule has 1 rings (SSSR count). The molecule has 78 valence electrons. The van der Waals surface area contributed by atoms with E-state index in [1.807, 2.05) is 0 Å². The molecule has 0 aromatic rings. The van der Waals surface area contributed by atoms with Crippen molar-refractivity contribution in [2.45, 2.75) is 46.5 Å². The molecule has 0 aliphatic heterocycles. The monoisotopic (exact) mass is 183 g/mol. The van der Waals surface area contributed by atoms with Crippen LogP contribution < -0.4 is 5.73 Å². The van der Waals surface area contributed by atoms with Gasteiger partial charge in [0.2, 0.25) is 0 Å². The van der Waals surface area contributed by atoms with E-state index in [2.05, 4.69) is 20.8 Å². The van der Waals surface area contributed by atoms with Crippen LogP contribution in [0.2, 0.25) is 0 Å². The normalized spacial score (nSPS) is 24.0. The van der Waals surface area contributed by atoms with E-state index in [0.29, 0.717) is 0 Å². The van der Waals surface area contributed by atoms with Gasteiger partial charge >= 0.3 is 0 Å². The van der Waals surface area contributed by atoms with Crippen molar-refractivity contribution in [3.8, 4) is 0 Å². The summed E-state index contributed by atoms with van der Waals surface area (Å²) in [6.45, 7) is 8.10. The highest BCUT2D eigenvalue weighted by Gasteiger charge is 2.32. The Morgan fingerprint density at radius 2 is 1.85 bits per heavy atom. The molecule has 0 aromatic carbocycles. The maximum absolute atomic E-state index is 5.53. The number of hydrogen-bond acceptors (Lipinski definition) is 1. The summed E-state index contributed by atoms with van der Waals surface area (Å²) < 4.78 is 0. The summed E-state index contributed by atoms with van der Waals surface area (Å²) in [7, 11) is 0. The van der Waals surface area contributed by atoms with E-state index in [0.717, 1.165) is 30.2 Å². The lowest BCUT2D eigenvalue weighted by Crippen LogP contribution is -2.19. The van der Waals surface area contributed by atoms with Crippen LogP contribution in [0.5, 0.6) is 0 Å². The van der Waals surface area contributed by atoms with E-state index >= 15 is 0 Å². The van der Waals surface area contributed by atoms with Crippen LogP contribution in [0.4, 0.5) is 0 Å². The molecule has 0 heterocycles. The third-order valence-corrected chi connectivity index (χ3v) is 3.96. The third kappa shape index (κ3) is 3.30. The average Bonchev–Trinajstić information content (AvgIpc) is 2.94. The second-order valence-corrected chi connectivity index (χ2v) is 4.96. The van der Waals surface area contributed by atoms with Gasteiger partial charge in [-0.05, 0) is 55.9 Å². The van der Waals surface area contributed by atoms with Crippen LogP contribution in [0.1, 0.15) is 46.5 Å². The van der Waals surface area contributed by atoms with Gasteiger partial charge in [-0.3, -0.25) is 0 Å². The predicted molar refractivity (Wildman–Crippen MR) is 58.5 cm³/mol. The van der Waals surface area contributed by atoms with Gasteiger partial charge < -0.3 is 5.73 Å². The first-order valence-corrected chi connectivity index (χ1v) is 5.87. The lowest BCUT2D eigenvalue weighted by atomic mass is 9.80. The van der Waals surface area contributed by atoms with Gasteiger partial charge in [0.25, 0.3) is 0 Å². The van der Waals surface area contributed by atoms with Gasteiger partial charge in [0.1, 0.15) is 0 Å². The third-order valence-electron chi connectivity index (χ3n) is 3.96. The molecule has 13 heavy (non-hydrogen) atoms. The summed E-state index contributed by atoms with van der Waals surface area (Å²) in [6.07, 6.45) is 5.47. The Balaban J connectivity index is 2.23. The lowest BCUT2D eigenvalue weighted by Gasteiger charge is -2.26. The first-order valence-electron chi connectivity index (χ1n) is 5.87. The minimum atomic E-state index is 0.856. The SMILES string of the molecule is CC(CCCN)C(C)C(C)C1CC1. The molecule has 1 aliphatic rings. The van der Waals surface area contributed by atoms with Crippen LogP contribution >= 0.6 is 0 Å². The van der Waals surface area contributed by atoms with E-state index in [1.165, 1.54) is 25.7 Å². The molecule has 1 saturated carbocycles. The van der Waals surface area contributed by atoms with Crippen LogP contribution in [-0.2, 0) is 0 Å². The highest BCUT2D eigenvalue weighted by molar-refractivity contribution is 4.83. The Hall–Kier alpha value is -0.0400. The first-order chi connectivity index (χ1) is 6.16. The topological polar surface area (TPSA) is 26.0 Å². The molecule has 1 fully saturated rings. The van der Waals surface area contributed by atoms with Crippen molar-refractivity contribution in [1.29, 1.82) is 0 Å². The van der Waals surface area contributed by atoms with Gasteiger partial charge in [-0.15, -0.1) is 0 Å². The Kier molecular flexibility index (Phi) is 4.24. The zero-order valence-corrected chi connectivity index (χ0v) is 9.42. The molecule has 0 amide bonds. The van der Waals surface area contributed by atoms with Gasteiger partial charge in [-0.1, -0.05) is 20.8 Å². The zero-order chi connectivity index (χ0) is 9.84. The van der Waals surface area contributed by atoms with Crippen molar-refractivity contribution in [3.63, 3.8) is 0 Å². The summed E-state index contributed by atoms with van der Waals surface area (Å²) >= 11 is 0. The molecule has 0 spiro atoms. The van der Waals surface area contributed by atoms with Crippen LogP contribution in [0.25, 0.3) is 0 Å². The van der Waals surface area contributed by atoms with E-state index in [9.17, 15) is 0 Å². The Morgan fingerprint density at radius 1 is 1.23 bits per heavy atom. The molecule has 1 heteroatoms. The Labute approximate surface area is 83.1 Å². The second-order valence-electron chi connectivity index (χ2n) is 4.96. The molecule has 1 nitrogen and oxygen atoms in total. The summed E-state index contributed by atoms with van der Waals surface area (Å²) in [5.74, 6) is 3.74. The van der Waals surface area contributed by atoms with Crippen LogP contribution in [0.3, 0.4) is 0 Å². The second kappa shape index (κ2) is 4.99. The van der Waals surface area contributed by atoms with Crippen molar-refractivity contribution >= 4 is 0 Å². The van der Waals surface area contributed by atoms with Gasteiger partial charge in [0, 0.05) is 0 Å². The lowest BCUT2D eigenvalue weighted by molar-refractivity contribution is 0.240. The molecule has 3 unspecified atom stereocenters. The molecule has 3 atom stereocenters. The maximum Gasteiger partial charge on any atom is -0.00772 e. The Bertz CT molecular complexity index is 140. The fourth-order valence-electron chi connectivity index (χ4n) is 2.27. The summed E-state index contributed by atoms with van der Waals surface area (Å²) in [5, 5.41) is 0. The van der Waals surface area contributed by atoms with Gasteiger partial charge in [-0.2, -0.15) is 0 Å². The fourth-order valence-corrected chi connectivity index (χ4v) is 2.27. The molecule has 1 aliphatic carbocycles. The molecule has 0 bridgehead atoms. The van der Waals surface area contributed by atoms with Gasteiger partial charge in [-0.25, -0.2) is 0 Å². The number of hydrogen-bond donors (Lipinski definition) is 1. The molecular weight excluding hydrogens is 158 g/mol. The predicted octanol–water partition coefficient (Wildman–Crippen LogP) is 3.04. The maximum atomic E-state index is 5.53. The van der Waals surface area contributed by atoms with E-state index < -0.39 is 0 Å². The van der Waals surface area contributed by atoms with Crippen molar-refractivity contribution in [2.75, 3.05) is 6.54 Å². The average molecular weight is 183 g/mol. The molecule has 0 aromatic heterocycles. The van der Waals surface area contributed by atoms with Crippen LogP contribution in [0, 0.1) is 23.7 Å². The van der Waals surface area contributed by atoms with Crippen molar-refractivity contribution in [2.24, 2.45) is 29.4 Å². The fraction of sp³-hybridized carbons (Fsp3) is 1.00. The minimum Gasteiger partial charge on any atom is -0.330 e. The van der Waals surface area contributed by atoms with E-state index in [-0.39, 0.29) is 0 Å². The Morgan fingerprint density at radius 3 is 2.31 bits per heavy atom. The standard InChI is InChI=1S/C12H25N/c1-9(5-4-8-13)10(2)11(3)12-6-7-12/h9-12H,4-8,13H2,1-3H3. The van der Waals surface area contributed by atoms with Gasteiger partial charge in [0.05, 0.1) is 0 Å². The van der Waals surface area contributed by atoms with E-state index in [4.69, 9.17) is 5.73 Å². The van der Waals surface area contributed by atoms with Crippen LogP contribution in [-0.4, -0.2) is 6.54 Å². The summed E-state index contributed by atoms with van der Waals surface area (Å²) in [6, 6.07) is 0. The number of nitrogens with two attached hydrogens (primary N) is 1. The highest BCUT2D eigenvalue weighted by atomic mass is 14.5. The first kappa shape index (κ1) is 11.0. The molecule has 0 saturated heterocycles. The summed E-state index contributed by atoms with van der Waals surface area (Å²) in [4.78, 5) is 0. The van der Waals surface area contributed by atoms with Crippen molar-refractivity contribution < 1.29 is 0 Å². The van der Waals surface area contributed by atoms with Crippen molar-refractivity contribution in [3.05, 3.63) is 0 Å². The van der Waals surface area contributed by atoms with Crippen molar-refractivity contribution in [1.82, 2.24) is 0 Å². The zero-order valence-electron chi connectivity index (χ0n) is 9.42. The highest BCUT2D eigenvalue weighted by Crippen LogP contribution is 2.42. The van der Waals surface area contributed by atoms with E-state index in [1.54, 1.807) is 0 Å². The number of rotatable bonds is 6. The summed E-state index contributed by atoms with van der Waals surface area (Å²) in [5.41, 5.74) is 5.53. The smallest absolute Gasteiger partial charge is 0.00772 e. The molecular formula is C12H25N.